The number of aromatic nitrogens is 1. The molecule has 1 aromatic rings. The molecule has 1 nitrogen and oxygen atoms in total. The average Bonchev–Trinajstić information content (AvgIpc) is 2.43. The van der Waals surface area contributed by atoms with E-state index in [0.717, 1.165) is 28.4 Å². The van der Waals surface area contributed by atoms with Gasteiger partial charge in [-0.15, -0.1) is 0 Å². The molecule has 2 rings (SSSR count). The first-order valence-corrected chi connectivity index (χ1v) is 6.14. The van der Waals surface area contributed by atoms with Crippen molar-refractivity contribution in [3.05, 3.63) is 57.9 Å². The normalized spacial score (nSPS) is 15.3. The summed E-state index contributed by atoms with van der Waals surface area (Å²) in [4.78, 5) is 4.51. The first-order valence-electron chi connectivity index (χ1n) is 5.76. The third-order valence-electron chi connectivity index (χ3n) is 2.97. The van der Waals surface area contributed by atoms with Gasteiger partial charge >= 0.3 is 0 Å². The van der Waals surface area contributed by atoms with E-state index in [-0.39, 0.29) is 0 Å². The Morgan fingerprint density at radius 2 is 1.94 bits per heavy atom. The molecule has 88 valence electrons. The van der Waals surface area contributed by atoms with Gasteiger partial charge in [-0.2, -0.15) is 0 Å². The smallest absolute Gasteiger partial charge is 0.0517 e. The van der Waals surface area contributed by atoms with Gasteiger partial charge in [0.2, 0.25) is 0 Å². The van der Waals surface area contributed by atoms with Crippen molar-refractivity contribution in [2.75, 3.05) is 0 Å². The minimum atomic E-state index is 0.799. The summed E-state index contributed by atoms with van der Waals surface area (Å²) < 4.78 is 0. The van der Waals surface area contributed by atoms with Crippen LogP contribution in [0, 0.1) is 13.8 Å². The van der Waals surface area contributed by atoms with Gasteiger partial charge in [0.1, 0.15) is 0 Å². The van der Waals surface area contributed by atoms with Crippen LogP contribution in [-0.4, -0.2) is 4.98 Å². The minimum absolute atomic E-state index is 0.799. The molecule has 0 saturated carbocycles. The van der Waals surface area contributed by atoms with E-state index >= 15 is 0 Å². The molecular weight excluding hydrogens is 230 g/mol. The van der Waals surface area contributed by atoms with E-state index < -0.39 is 0 Å². The molecule has 1 aliphatic carbocycles. The maximum absolute atomic E-state index is 6.36. The Hall–Kier alpha value is -1.34. The first kappa shape index (κ1) is 12.1. The van der Waals surface area contributed by atoms with E-state index in [4.69, 9.17) is 11.6 Å². The lowest BCUT2D eigenvalue weighted by Crippen LogP contribution is -1.97. The Labute approximate surface area is 108 Å². The van der Waals surface area contributed by atoms with Gasteiger partial charge in [0.05, 0.1) is 5.02 Å². The molecule has 0 unspecified atom stereocenters. The zero-order chi connectivity index (χ0) is 12.4. The zero-order valence-corrected chi connectivity index (χ0v) is 11.2. The van der Waals surface area contributed by atoms with Gasteiger partial charge in [0.15, 0.2) is 0 Å². The molecule has 0 aromatic carbocycles. The van der Waals surface area contributed by atoms with Crippen molar-refractivity contribution in [2.45, 2.75) is 27.2 Å². The molecule has 0 aliphatic heterocycles. The summed E-state index contributed by atoms with van der Waals surface area (Å²) >= 11 is 6.36. The van der Waals surface area contributed by atoms with E-state index in [1.807, 2.05) is 19.9 Å². The summed E-state index contributed by atoms with van der Waals surface area (Å²) in [5.74, 6) is 0. The van der Waals surface area contributed by atoms with E-state index in [1.54, 1.807) is 0 Å². The molecule has 17 heavy (non-hydrogen) atoms. The van der Waals surface area contributed by atoms with Crippen molar-refractivity contribution in [1.82, 2.24) is 4.98 Å². The Kier molecular flexibility index (Phi) is 3.49. The van der Waals surface area contributed by atoms with Crippen LogP contribution < -0.4 is 0 Å². The fourth-order valence-electron chi connectivity index (χ4n) is 2.17. The minimum Gasteiger partial charge on any atom is -0.258 e. The molecule has 0 spiro atoms. The van der Waals surface area contributed by atoms with Gasteiger partial charge < -0.3 is 0 Å². The van der Waals surface area contributed by atoms with Crippen LogP contribution in [0.25, 0.3) is 5.57 Å². The number of nitrogens with zero attached hydrogens (tertiary/aromatic N) is 1. The second-order valence-electron chi connectivity index (χ2n) is 4.36. The van der Waals surface area contributed by atoms with Gasteiger partial charge in [-0.25, -0.2) is 0 Å². The number of aryl methyl sites for hydroxylation is 2. The Balaban J connectivity index is 2.61. The van der Waals surface area contributed by atoms with Gasteiger partial charge in [0, 0.05) is 17.0 Å². The summed E-state index contributed by atoms with van der Waals surface area (Å²) in [6.07, 6.45) is 9.31. The van der Waals surface area contributed by atoms with Crippen LogP contribution in [0.3, 0.4) is 0 Å². The number of pyridine rings is 1. The molecule has 1 aliphatic rings. The molecule has 0 atom stereocenters. The standard InChI is InChI=1S/C15H16ClN/c1-10-7-5-4-6-8-13(10)15-12(3)17-11(2)9-14(15)16/h4-7,9H,8H2,1-3H3. The van der Waals surface area contributed by atoms with Crippen LogP contribution in [0.5, 0.6) is 0 Å². The fourth-order valence-corrected chi connectivity index (χ4v) is 2.58. The van der Waals surface area contributed by atoms with Crippen LogP contribution >= 0.6 is 11.6 Å². The summed E-state index contributed by atoms with van der Waals surface area (Å²) in [5, 5.41) is 0.799. The monoisotopic (exact) mass is 245 g/mol. The Morgan fingerprint density at radius 3 is 2.65 bits per heavy atom. The summed E-state index contributed by atoms with van der Waals surface area (Å²) in [6.45, 7) is 6.11. The largest absolute Gasteiger partial charge is 0.258 e. The molecule has 0 fully saturated rings. The highest BCUT2D eigenvalue weighted by molar-refractivity contribution is 6.32. The number of hydrogen-bond donors (Lipinski definition) is 0. The molecule has 0 amide bonds. The lowest BCUT2D eigenvalue weighted by atomic mass is 9.96. The second-order valence-corrected chi connectivity index (χ2v) is 4.77. The second kappa shape index (κ2) is 4.89. The zero-order valence-electron chi connectivity index (χ0n) is 10.4. The molecule has 1 aromatic heterocycles. The van der Waals surface area contributed by atoms with Crippen molar-refractivity contribution in [3.8, 4) is 0 Å². The first-order chi connectivity index (χ1) is 8.09. The molecule has 0 radical (unpaired) electrons. The highest BCUT2D eigenvalue weighted by Gasteiger charge is 2.13. The molecule has 0 saturated heterocycles. The average molecular weight is 246 g/mol. The third kappa shape index (κ3) is 2.50. The topological polar surface area (TPSA) is 12.9 Å². The van der Waals surface area contributed by atoms with Crippen LogP contribution in [0.15, 0.2) is 35.9 Å². The maximum atomic E-state index is 6.36. The predicted octanol–water partition coefficient (Wildman–Crippen LogP) is 4.64. The van der Waals surface area contributed by atoms with Crippen molar-refractivity contribution >= 4 is 17.2 Å². The lowest BCUT2D eigenvalue weighted by Gasteiger charge is -2.13. The fraction of sp³-hybridized carbons (Fsp3) is 0.267. The molecule has 1 heterocycles. The highest BCUT2D eigenvalue weighted by Crippen LogP contribution is 2.33. The number of halogens is 1. The summed E-state index contributed by atoms with van der Waals surface area (Å²) in [5.41, 5.74) is 5.59. The van der Waals surface area contributed by atoms with Crippen molar-refractivity contribution in [3.63, 3.8) is 0 Å². The van der Waals surface area contributed by atoms with Crippen LogP contribution in [0.2, 0.25) is 5.02 Å². The van der Waals surface area contributed by atoms with E-state index in [2.05, 4.69) is 36.2 Å². The lowest BCUT2D eigenvalue weighted by molar-refractivity contribution is 1.10. The van der Waals surface area contributed by atoms with Crippen molar-refractivity contribution in [2.24, 2.45) is 0 Å². The number of hydrogen-bond acceptors (Lipinski definition) is 1. The highest BCUT2D eigenvalue weighted by atomic mass is 35.5. The van der Waals surface area contributed by atoms with Gasteiger partial charge in [-0.1, -0.05) is 35.9 Å². The maximum Gasteiger partial charge on any atom is 0.0517 e. The third-order valence-corrected chi connectivity index (χ3v) is 3.27. The molecule has 0 N–H and O–H groups in total. The summed E-state index contributed by atoms with van der Waals surface area (Å²) in [7, 11) is 0. The van der Waals surface area contributed by atoms with Gasteiger partial charge in [-0.3, -0.25) is 4.98 Å². The van der Waals surface area contributed by atoms with E-state index in [0.29, 0.717) is 0 Å². The van der Waals surface area contributed by atoms with Gasteiger partial charge in [0.25, 0.3) is 0 Å². The quantitative estimate of drug-likeness (QED) is 0.702. The molecule has 2 heteroatoms. The van der Waals surface area contributed by atoms with Crippen molar-refractivity contribution in [1.29, 1.82) is 0 Å². The van der Waals surface area contributed by atoms with Crippen LogP contribution in [0.4, 0.5) is 0 Å². The van der Waals surface area contributed by atoms with Gasteiger partial charge in [-0.05, 0) is 44.4 Å². The number of allylic oxidation sites excluding steroid dienone is 6. The van der Waals surface area contributed by atoms with Crippen molar-refractivity contribution < 1.29 is 0 Å². The number of rotatable bonds is 1. The Bertz CT molecular complexity index is 513. The SMILES string of the molecule is CC1=C(c2c(Cl)cc(C)nc2C)CC=CC=C1. The molecule has 0 bridgehead atoms. The van der Waals surface area contributed by atoms with Crippen LogP contribution in [0.1, 0.15) is 30.3 Å². The Morgan fingerprint density at radius 1 is 1.18 bits per heavy atom. The van der Waals surface area contributed by atoms with Crippen LogP contribution in [-0.2, 0) is 0 Å². The summed E-state index contributed by atoms with van der Waals surface area (Å²) in [6, 6.07) is 1.93. The predicted molar refractivity (Wildman–Crippen MR) is 74.2 cm³/mol. The van der Waals surface area contributed by atoms with E-state index in [9.17, 15) is 0 Å². The molecular formula is C15H16ClN. The van der Waals surface area contributed by atoms with E-state index in [1.165, 1.54) is 11.1 Å².